The van der Waals surface area contributed by atoms with Crippen LogP contribution >= 0.6 is 27.5 Å². The van der Waals surface area contributed by atoms with Crippen LogP contribution in [0.1, 0.15) is 11.3 Å². The molecule has 1 aliphatic heterocycles. The fourth-order valence-corrected chi connectivity index (χ4v) is 4.17. The monoisotopic (exact) mass is 344 g/mol. The summed E-state index contributed by atoms with van der Waals surface area (Å²) >= 11 is 8.67. The highest BCUT2D eigenvalue weighted by Crippen LogP contribution is 2.30. The minimum absolute atomic E-state index is 0.587. The van der Waals surface area contributed by atoms with Gasteiger partial charge in [-0.1, -0.05) is 11.6 Å². The lowest BCUT2D eigenvalue weighted by atomic mass is 10.2. The van der Waals surface area contributed by atoms with E-state index in [0.717, 1.165) is 28.0 Å². The van der Waals surface area contributed by atoms with Gasteiger partial charge in [0.2, 0.25) is 0 Å². The third-order valence-corrected chi connectivity index (χ3v) is 5.28. The molecule has 1 aromatic carbocycles. The molecule has 0 saturated carbocycles. The first-order valence-corrected chi connectivity index (χ1v) is 8.18. The molecule has 0 aliphatic carbocycles. The van der Waals surface area contributed by atoms with Crippen LogP contribution in [0.4, 0.5) is 0 Å². The molecule has 0 fully saturated rings. The molecule has 3 nitrogen and oxygen atoms in total. The van der Waals surface area contributed by atoms with Crippen LogP contribution in [0.15, 0.2) is 28.9 Å². The smallest absolute Gasteiger partial charge is 0.135 e. The lowest BCUT2D eigenvalue weighted by Crippen LogP contribution is -2.18. The van der Waals surface area contributed by atoms with Gasteiger partial charge in [-0.2, -0.15) is 5.10 Å². The molecule has 18 heavy (non-hydrogen) atoms. The first-order chi connectivity index (χ1) is 8.65. The third kappa shape index (κ3) is 2.20. The van der Waals surface area contributed by atoms with Crippen molar-refractivity contribution >= 4 is 38.7 Å². The van der Waals surface area contributed by atoms with Crippen LogP contribution in [-0.4, -0.2) is 20.1 Å². The molecule has 3 rings (SSSR count). The maximum Gasteiger partial charge on any atom is 0.135 e. The predicted octanol–water partition coefficient (Wildman–Crippen LogP) is 3.09. The van der Waals surface area contributed by atoms with Gasteiger partial charge in [-0.05, 0) is 51.4 Å². The number of nitrogens with zero attached hydrogens (tertiary/aromatic N) is 2. The first kappa shape index (κ1) is 12.5. The van der Waals surface area contributed by atoms with Crippen molar-refractivity contribution < 1.29 is 4.55 Å². The second-order valence-corrected chi connectivity index (χ2v) is 6.91. The van der Waals surface area contributed by atoms with Gasteiger partial charge in [0.15, 0.2) is 0 Å². The number of hydrogen-bond donors (Lipinski definition) is 0. The van der Waals surface area contributed by atoms with Crippen molar-refractivity contribution in [3.63, 3.8) is 0 Å². The number of rotatable bonds is 1. The lowest BCUT2D eigenvalue weighted by Gasteiger charge is -2.15. The molecule has 2 aromatic rings. The average molecular weight is 346 g/mol. The van der Waals surface area contributed by atoms with Crippen molar-refractivity contribution in [2.45, 2.75) is 12.2 Å². The molecule has 1 aliphatic rings. The zero-order valence-corrected chi connectivity index (χ0v) is 12.6. The molecule has 0 saturated heterocycles. The van der Waals surface area contributed by atoms with Crippen molar-refractivity contribution in [1.29, 1.82) is 0 Å². The molecule has 1 aromatic heterocycles. The molecule has 1 unspecified atom stereocenters. The van der Waals surface area contributed by atoms with Crippen LogP contribution in [0.3, 0.4) is 0 Å². The van der Waals surface area contributed by atoms with E-state index >= 15 is 0 Å². The zero-order chi connectivity index (χ0) is 12.7. The molecular formula is C12H10BrClN2OS. The number of aryl methyl sites for hydroxylation is 1. The quantitative estimate of drug-likeness (QED) is 0.745. The summed E-state index contributed by atoms with van der Waals surface area (Å²) in [5.74, 6) is 1.29. The van der Waals surface area contributed by atoms with Crippen LogP contribution in [-0.2, 0) is 23.3 Å². The van der Waals surface area contributed by atoms with Gasteiger partial charge in [0.05, 0.1) is 16.9 Å². The average Bonchev–Trinajstić information content (AvgIpc) is 2.68. The van der Waals surface area contributed by atoms with Crippen molar-refractivity contribution in [3.05, 3.63) is 45.1 Å². The summed E-state index contributed by atoms with van der Waals surface area (Å²) in [6, 6.07) is 7.51. The molecule has 0 spiro atoms. The topological polar surface area (TPSA) is 40.9 Å². The van der Waals surface area contributed by atoms with Gasteiger partial charge >= 0.3 is 0 Å². The van der Waals surface area contributed by atoms with Gasteiger partial charge in [0.1, 0.15) is 16.1 Å². The molecule has 0 amide bonds. The van der Waals surface area contributed by atoms with Gasteiger partial charge in [-0.15, -0.1) is 0 Å². The van der Waals surface area contributed by atoms with E-state index in [2.05, 4.69) is 21.0 Å². The van der Waals surface area contributed by atoms with E-state index in [1.54, 1.807) is 0 Å². The Labute approximate surface area is 121 Å². The Bertz CT molecular complexity index is 585. The Morgan fingerprint density at radius 2 is 2.06 bits per heavy atom. The highest BCUT2D eigenvalue weighted by atomic mass is 79.9. The summed E-state index contributed by atoms with van der Waals surface area (Å²) in [5, 5.41) is 5.28. The van der Waals surface area contributed by atoms with E-state index in [-0.39, 0.29) is 0 Å². The number of aromatic nitrogens is 2. The number of hydrogen-bond acceptors (Lipinski definition) is 2. The number of halogens is 2. The SMILES string of the molecule is [O-][S+]1CCc2nn(-c3ccc(Cl)cc3)c(Br)c2C1. The summed E-state index contributed by atoms with van der Waals surface area (Å²) in [7, 11) is 0. The van der Waals surface area contributed by atoms with E-state index in [0.29, 0.717) is 16.5 Å². The highest BCUT2D eigenvalue weighted by molar-refractivity contribution is 9.10. The second kappa shape index (κ2) is 4.89. The molecule has 1 atom stereocenters. The minimum Gasteiger partial charge on any atom is -0.616 e. The standard InChI is InChI=1S/C12H10BrClN2OS/c13-12-10-7-18(17)6-5-11(10)15-16(12)9-3-1-8(14)2-4-9/h1-4H,5-7H2. The van der Waals surface area contributed by atoms with Gasteiger partial charge in [-0.25, -0.2) is 4.68 Å². The Kier molecular flexibility index (Phi) is 3.40. The predicted molar refractivity (Wildman–Crippen MR) is 76.7 cm³/mol. The Balaban J connectivity index is 2.06. The van der Waals surface area contributed by atoms with E-state index in [4.69, 9.17) is 11.6 Å². The second-order valence-electron chi connectivity index (χ2n) is 4.14. The van der Waals surface area contributed by atoms with E-state index in [1.807, 2.05) is 28.9 Å². The van der Waals surface area contributed by atoms with Crippen molar-refractivity contribution in [3.8, 4) is 5.69 Å². The third-order valence-electron chi connectivity index (χ3n) is 2.95. The van der Waals surface area contributed by atoms with Gasteiger partial charge in [0.25, 0.3) is 0 Å². The van der Waals surface area contributed by atoms with Crippen LogP contribution in [0.25, 0.3) is 5.69 Å². The molecule has 6 heteroatoms. The molecule has 0 N–H and O–H groups in total. The van der Waals surface area contributed by atoms with Gasteiger partial charge in [0, 0.05) is 11.4 Å². The molecular weight excluding hydrogens is 336 g/mol. The van der Waals surface area contributed by atoms with E-state index in [9.17, 15) is 4.55 Å². The Morgan fingerprint density at radius 1 is 1.33 bits per heavy atom. The lowest BCUT2D eigenvalue weighted by molar-refractivity contribution is 0.590. The van der Waals surface area contributed by atoms with Crippen molar-refractivity contribution in [2.24, 2.45) is 0 Å². The number of fused-ring (bicyclic) bond motifs is 1. The molecule has 94 valence electrons. The van der Waals surface area contributed by atoms with Crippen molar-refractivity contribution in [1.82, 2.24) is 9.78 Å². The summed E-state index contributed by atoms with van der Waals surface area (Å²) in [6.45, 7) is 0. The largest absolute Gasteiger partial charge is 0.616 e. The van der Waals surface area contributed by atoms with Crippen LogP contribution in [0.2, 0.25) is 5.02 Å². The van der Waals surface area contributed by atoms with Gasteiger partial charge in [-0.3, -0.25) is 0 Å². The van der Waals surface area contributed by atoms with E-state index < -0.39 is 11.2 Å². The molecule has 2 heterocycles. The fraction of sp³-hybridized carbons (Fsp3) is 0.250. The normalized spacial score (nSPS) is 18.7. The van der Waals surface area contributed by atoms with Crippen molar-refractivity contribution in [2.75, 3.05) is 5.75 Å². The Hall–Kier alpha value is -0.490. The molecule has 0 bridgehead atoms. The minimum atomic E-state index is -0.763. The van der Waals surface area contributed by atoms with E-state index in [1.165, 1.54) is 0 Å². The summed E-state index contributed by atoms with van der Waals surface area (Å²) in [6.07, 6.45) is 0.779. The van der Waals surface area contributed by atoms with Gasteiger partial charge < -0.3 is 4.55 Å². The maximum atomic E-state index is 11.6. The summed E-state index contributed by atoms with van der Waals surface area (Å²) in [4.78, 5) is 0. The summed E-state index contributed by atoms with van der Waals surface area (Å²) < 4.78 is 14.3. The first-order valence-electron chi connectivity index (χ1n) is 5.52. The highest BCUT2D eigenvalue weighted by Gasteiger charge is 2.26. The van der Waals surface area contributed by atoms with Crippen LogP contribution < -0.4 is 0 Å². The molecule has 0 radical (unpaired) electrons. The fourth-order valence-electron chi connectivity index (χ4n) is 2.01. The number of benzene rings is 1. The Morgan fingerprint density at radius 3 is 2.78 bits per heavy atom. The zero-order valence-electron chi connectivity index (χ0n) is 9.40. The van der Waals surface area contributed by atoms with Crippen LogP contribution in [0, 0.1) is 0 Å². The maximum absolute atomic E-state index is 11.6. The summed E-state index contributed by atoms with van der Waals surface area (Å²) in [5.41, 5.74) is 3.05. The van der Waals surface area contributed by atoms with Crippen LogP contribution in [0.5, 0.6) is 0 Å².